The molecule has 0 fully saturated rings. The lowest BCUT2D eigenvalue weighted by Gasteiger charge is -2.26. The summed E-state index contributed by atoms with van der Waals surface area (Å²) in [5, 5.41) is 11.8. The number of likely N-dealkylation sites (N-methyl/N-ethyl adjacent to an activating group) is 1. The van der Waals surface area contributed by atoms with E-state index in [1.807, 2.05) is 21.1 Å². The van der Waals surface area contributed by atoms with E-state index < -0.39 is 24.3 Å². The normalized spacial score (nSPS) is 13.9. The average molecular weight is 1200 g/mol. The molecule has 0 radical (unpaired) electrons. The minimum Gasteiger partial charge on any atom is -0.545 e. The minimum atomic E-state index is -1.65. The van der Waals surface area contributed by atoms with Crippen molar-refractivity contribution >= 4 is 17.9 Å². The number of hydrogen-bond donors (Lipinski definition) is 0. The van der Waals surface area contributed by atoms with Gasteiger partial charge in [0.1, 0.15) is 13.2 Å². The SMILES string of the molecule is CC/C=C\C/C=C\C/C=C\C/C=C\C/C=C\C/C=C\C/C=C\C/C=C\C/C=C\C/C=C\C/C=C\C/C=C\CCCCC(=O)OC(COC(=O)CCCCCCCCCC/C=C\C/C=C\C/C=C\CCCCCCC)COC(OCC[N+](C)(C)C)C(=O)[O-]. The van der Waals surface area contributed by atoms with Gasteiger partial charge in [-0.3, -0.25) is 9.59 Å². The standard InChI is InChI=1S/C78H123NO8/c1-6-8-10-12-14-16-18-20-22-24-26-28-30-31-32-33-34-35-36-37-38-39-40-41-42-43-44-45-47-49-51-53-55-57-59-61-63-65-67-69-76(81)87-74(73-86-78(77(82)83)84-71-70-79(3,4)5)72-85-75(80)68-66-64-62-60-58-56-54-52-50-48-46-29-27-25-23-21-19-17-15-13-11-9-7-2/h8,10,14,16,19-22,25-28,31-32,34-35,37-38,40-41,43-44,46-49,53,55,59,61,74,78H,6-7,9,11-13,15,17-18,23-24,29-30,33,36,39,42,45,50-52,54,56-58,60,62-73H2,1-5H3/b10-8-,16-14-,21-19-,22-20-,27-25-,28-26-,32-31-,35-34-,38-37-,41-40-,44-43-,48-46-,49-47-,55-53-,61-59-. The van der Waals surface area contributed by atoms with Crippen LogP contribution in [0.2, 0.25) is 0 Å². The van der Waals surface area contributed by atoms with Crippen LogP contribution in [0.3, 0.4) is 0 Å². The summed E-state index contributed by atoms with van der Waals surface area (Å²) >= 11 is 0. The predicted octanol–water partition coefficient (Wildman–Crippen LogP) is 19.9. The van der Waals surface area contributed by atoms with Gasteiger partial charge in [-0.25, -0.2) is 0 Å². The van der Waals surface area contributed by atoms with Crippen LogP contribution in [-0.4, -0.2) is 82.3 Å². The van der Waals surface area contributed by atoms with Crippen molar-refractivity contribution in [2.75, 3.05) is 47.5 Å². The number of carboxylic acid groups (broad SMARTS) is 1. The molecule has 0 amide bonds. The Balaban J connectivity index is 4.32. The van der Waals surface area contributed by atoms with Crippen molar-refractivity contribution in [2.24, 2.45) is 0 Å². The average Bonchev–Trinajstić information content (AvgIpc) is 3.55. The third-order valence-corrected chi connectivity index (χ3v) is 13.6. The van der Waals surface area contributed by atoms with Gasteiger partial charge in [-0.15, -0.1) is 0 Å². The van der Waals surface area contributed by atoms with E-state index in [1.165, 1.54) is 64.2 Å². The van der Waals surface area contributed by atoms with Gasteiger partial charge in [0, 0.05) is 12.8 Å². The maximum atomic E-state index is 12.9. The number of unbranched alkanes of at least 4 members (excludes halogenated alkanes) is 15. The fourth-order valence-electron chi connectivity index (χ4n) is 8.46. The lowest BCUT2D eigenvalue weighted by Crippen LogP contribution is -2.44. The largest absolute Gasteiger partial charge is 0.545 e. The van der Waals surface area contributed by atoms with Crippen LogP contribution in [0.4, 0.5) is 0 Å². The van der Waals surface area contributed by atoms with Crippen molar-refractivity contribution in [3.63, 3.8) is 0 Å². The Morgan fingerprint density at radius 1 is 0.356 bits per heavy atom. The first-order chi connectivity index (χ1) is 42.6. The summed E-state index contributed by atoms with van der Waals surface area (Å²) in [6, 6.07) is 0. The van der Waals surface area contributed by atoms with Crippen molar-refractivity contribution in [3.05, 3.63) is 182 Å². The van der Waals surface area contributed by atoms with Crippen LogP contribution in [0.1, 0.15) is 232 Å². The van der Waals surface area contributed by atoms with Crippen LogP contribution < -0.4 is 5.11 Å². The third-order valence-electron chi connectivity index (χ3n) is 13.6. The van der Waals surface area contributed by atoms with E-state index in [0.717, 1.165) is 128 Å². The Kier molecular flexibility index (Phi) is 62.1. The zero-order valence-corrected chi connectivity index (χ0v) is 55.6. The molecule has 87 heavy (non-hydrogen) atoms. The molecule has 0 saturated carbocycles. The molecule has 0 saturated heterocycles. The number of esters is 2. The molecule has 0 spiro atoms. The first kappa shape index (κ1) is 81.4. The molecular formula is C78H123NO8. The highest BCUT2D eigenvalue weighted by atomic mass is 16.7. The van der Waals surface area contributed by atoms with Gasteiger partial charge in [0.15, 0.2) is 12.4 Å². The van der Waals surface area contributed by atoms with Gasteiger partial charge in [0.05, 0.1) is 40.3 Å². The van der Waals surface area contributed by atoms with E-state index in [9.17, 15) is 19.5 Å². The van der Waals surface area contributed by atoms with Crippen LogP contribution in [0.25, 0.3) is 0 Å². The molecule has 9 nitrogen and oxygen atoms in total. The van der Waals surface area contributed by atoms with Crippen LogP contribution >= 0.6 is 0 Å². The summed E-state index contributed by atoms with van der Waals surface area (Å²) in [4.78, 5) is 37.4. The molecule has 2 atom stereocenters. The molecule has 0 aliphatic heterocycles. The van der Waals surface area contributed by atoms with Crippen molar-refractivity contribution in [2.45, 2.75) is 245 Å². The Hall–Kier alpha value is -5.61. The highest BCUT2D eigenvalue weighted by Crippen LogP contribution is 2.14. The molecule has 0 aromatic carbocycles. The summed E-state index contributed by atoms with van der Waals surface area (Å²) in [5.41, 5.74) is 0. The van der Waals surface area contributed by atoms with Crippen molar-refractivity contribution < 1.29 is 42.9 Å². The fraction of sp³-hybridized carbons (Fsp3) is 0.577. The number of hydrogen-bond acceptors (Lipinski definition) is 8. The van der Waals surface area contributed by atoms with Gasteiger partial charge in [-0.05, 0) is 141 Å². The first-order valence-electron chi connectivity index (χ1n) is 33.9. The van der Waals surface area contributed by atoms with Gasteiger partial charge >= 0.3 is 11.9 Å². The Bertz CT molecular complexity index is 2080. The molecule has 0 heterocycles. The van der Waals surface area contributed by atoms with E-state index >= 15 is 0 Å². The number of carboxylic acids is 1. The second kappa shape index (κ2) is 66.3. The number of carbonyl (C=O) groups excluding carboxylic acids is 3. The third kappa shape index (κ3) is 67.8. The highest BCUT2D eigenvalue weighted by molar-refractivity contribution is 5.70. The number of aliphatic carboxylic acids is 1. The maximum absolute atomic E-state index is 12.9. The number of nitrogens with zero attached hydrogens (tertiary/aromatic N) is 1. The van der Waals surface area contributed by atoms with E-state index in [2.05, 4.69) is 196 Å². The van der Waals surface area contributed by atoms with Gasteiger partial charge < -0.3 is 33.3 Å². The van der Waals surface area contributed by atoms with Crippen molar-refractivity contribution in [1.29, 1.82) is 0 Å². The monoisotopic (exact) mass is 1200 g/mol. The minimum absolute atomic E-state index is 0.127. The summed E-state index contributed by atoms with van der Waals surface area (Å²) in [6.07, 6.45) is 98.2. The predicted molar refractivity (Wildman–Crippen MR) is 370 cm³/mol. The molecule has 0 aliphatic rings. The second-order valence-electron chi connectivity index (χ2n) is 23.0. The maximum Gasteiger partial charge on any atom is 0.306 e. The number of allylic oxidation sites excluding steroid dienone is 30. The topological polar surface area (TPSA) is 111 Å². The van der Waals surface area contributed by atoms with Crippen LogP contribution in [0.15, 0.2) is 182 Å². The Morgan fingerprint density at radius 2 is 0.655 bits per heavy atom. The molecule has 0 aromatic rings. The van der Waals surface area contributed by atoms with Crippen LogP contribution in [0.5, 0.6) is 0 Å². The molecule has 0 rings (SSSR count). The van der Waals surface area contributed by atoms with E-state index in [4.69, 9.17) is 18.9 Å². The molecule has 2 unspecified atom stereocenters. The lowest BCUT2D eigenvalue weighted by molar-refractivity contribution is -0.870. The Labute approximate surface area is 532 Å². The molecule has 488 valence electrons. The number of quaternary nitrogens is 1. The zero-order valence-electron chi connectivity index (χ0n) is 55.6. The molecule has 0 bridgehead atoms. The van der Waals surface area contributed by atoms with Crippen LogP contribution in [0, 0.1) is 0 Å². The lowest BCUT2D eigenvalue weighted by atomic mass is 10.1. The number of ether oxygens (including phenoxy) is 4. The molecule has 0 aliphatic carbocycles. The van der Waals surface area contributed by atoms with Gasteiger partial charge in [-0.1, -0.05) is 260 Å². The summed E-state index contributed by atoms with van der Waals surface area (Å²) in [5.74, 6) is -2.37. The number of carbonyl (C=O) groups is 3. The second-order valence-corrected chi connectivity index (χ2v) is 23.0. The quantitative estimate of drug-likeness (QED) is 0.0195. The molecular weight excluding hydrogens is 1080 g/mol. The summed E-state index contributed by atoms with van der Waals surface area (Å²) in [7, 11) is 5.89. The molecule has 9 heteroatoms. The van der Waals surface area contributed by atoms with E-state index in [-0.39, 0.29) is 38.6 Å². The molecule has 0 N–H and O–H groups in total. The van der Waals surface area contributed by atoms with E-state index in [1.54, 1.807) is 0 Å². The zero-order chi connectivity index (χ0) is 63.3. The van der Waals surface area contributed by atoms with Crippen molar-refractivity contribution in [1.82, 2.24) is 0 Å². The van der Waals surface area contributed by atoms with Crippen LogP contribution in [-0.2, 0) is 33.3 Å². The van der Waals surface area contributed by atoms with Gasteiger partial charge in [0.25, 0.3) is 0 Å². The fourth-order valence-corrected chi connectivity index (χ4v) is 8.46. The summed E-state index contributed by atoms with van der Waals surface area (Å²) < 4.78 is 22.7. The van der Waals surface area contributed by atoms with E-state index in [0.29, 0.717) is 23.9 Å². The summed E-state index contributed by atoms with van der Waals surface area (Å²) in [6.45, 7) is 4.54. The highest BCUT2D eigenvalue weighted by Gasteiger charge is 2.22. The number of rotatable bonds is 60. The van der Waals surface area contributed by atoms with Crippen molar-refractivity contribution in [3.8, 4) is 0 Å². The Morgan fingerprint density at radius 3 is 1.00 bits per heavy atom. The smallest absolute Gasteiger partial charge is 0.306 e. The van der Waals surface area contributed by atoms with Gasteiger partial charge in [0.2, 0.25) is 0 Å². The van der Waals surface area contributed by atoms with Gasteiger partial charge in [-0.2, -0.15) is 0 Å². The molecule has 0 aromatic heterocycles. The first-order valence-corrected chi connectivity index (χ1v) is 33.9.